The summed E-state index contributed by atoms with van der Waals surface area (Å²) in [6, 6.07) is 15.7. The van der Waals surface area contributed by atoms with Crippen molar-refractivity contribution in [3.05, 3.63) is 58.6 Å². The molecule has 0 radical (unpaired) electrons. The first-order valence-electron chi connectivity index (χ1n) is 10.0. The predicted octanol–water partition coefficient (Wildman–Crippen LogP) is 6.08. The highest BCUT2D eigenvalue weighted by Crippen LogP contribution is 2.56. The molecule has 4 bridgehead atoms. The smallest absolute Gasteiger partial charge is 0.256 e. The summed E-state index contributed by atoms with van der Waals surface area (Å²) in [5, 5.41) is 7.02. The molecular formula is C23H25BrN2O. The second-order valence-corrected chi connectivity index (χ2v) is 9.66. The highest BCUT2D eigenvalue weighted by molar-refractivity contribution is 9.10. The lowest BCUT2D eigenvalue weighted by molar-refractivity contribution is 0.0107. The molecule has 0 heterocycles. The quantitative estimate of drug-likeness (QED) is 0.623. The van der Waals surface area contributed by atoms with Gasteiger partial charge >= 0.3 is 0 Å². The van der Waals surface area contributed by atoms with Crippen molar-refractivity contribution in [1.82, 2.24) is 0 Å². The summed E-state index contributed by atoms with van der Waals surface area (Å²) >= 11 is 3.48. The van der Waals surface area contributed by atoms with Crippen LogP contribution in [-0.2, 0) is 0 Å². The zero-order valence-electron chi connectivity index (χ0n) is 15.4. The van der Waals surface area contributed by atoms with E-state index in [1.54, 1.807) is 0 Å². The van der Waals surface area contributed by atoms with Crippen LogP contribution in [0.1, 0.15) is 48.9 Å². The van der Waals surface area contributed by atoms with Crippen LogP contribution in [0.2, 0.25) is 0 Å². The molecule has 1 amide bonds. The second kappa shape index (κ2) is 6.66. The van der Waals surface area contributed by atoms with Crippen LogP contribution < -0.4 is 10.6 Å². The summed E-state index contributed by atoms with van der Waals surface area (Å²) in [5.74, 6) is 2.60. The first kappa shape index (κ1) is 17.3. The number of hydrogen-bond acceptors (Lipinski definition) is 2. The number of carbonyl (C=O) groups excluding carboxylic acids is 1. The number of nitrogens with one attached hydrogen (secondary N) is 2. The van der Waals surface area contributed by atoms with E-state index in [0.717, 1.165) is 33.6 Å². The van der Waals surface area contributed by atoms with Crippen molar-refractivity contribution < 1.29 is 4.79 Å². The van der Waals surface area contributed by atoms with Crippen LogP contribution in [0.3, 0.4) is 0 Å². The minimum atomic E-state index is -0.0813. The molecule has 0 unspecified atom stereocenters. The summed E-state index contributed by atoms with van der Waals surface area (Å²) in [7, 11) is 0. The lowest BCUT2D eigenvalue weighted by atomic mass is 9.53. The number of amides is 1. The first-order chi connectivity index (χ1) is 13.1. The van der Waals surface area contributed by atoms with Gasteiger partial charge in [-0.05, 0) is 96.5 Å². The van der Waals surface area contributed by atoms with Gasteiger partial charge in [0.2, 0.25) is 0 Å². The van der Waals surface area contributed by atoms with Crippen molar-refractivity contribution in [3.8, 4) is 0 Å². The molecule has 4 aliphatic rings. The topological polar surface area (TPSA) is 41.1 Å². The van der Waals surface area contributed by atoms with E-state index in [2.05, 4.69) is 38.7 Å². The molecule has 0 atom stereocenters. The molecule has 3 nitrogen and oxygen atoms in total. The molecular weight excluding hydrogens is 400 g/mol. The largest absolute Gasteiger partial charge is 0.378 e. The standard InChI is InChI=1S/C23H25BrN2O/c24-19-6-2-1-5-18(19)22(27)25-20-7-3-4-8-21(20)26-23-12-15-9-16(13-23)11-17(10-15)14-23/h1-8,15-17,26H,9-14H2,(H,25,27). The molecule has 2 aromatic carbocycles. The van der Waals surface area contributed by atoms with Gasteiger partial charge in [-0.25, -0.2) is 0 Å². The van der Waals surface area contributed by atoms with E-state index in [9.17, 15) is 4.79 Å². The van der Waals surface area contributed by atoms with Crippen LogP contribution in [0.4, 0.5) is 11.4 Å². The number of benzene rings is 2. The van der Waals surface area contributed by atoms with Gasteiger partial charge < -0.3 is 10.6 Å². The van der Waals surface area contributed by atoms with Crippen LogP contribution in [-0.4, -0.2) is 11.4 Å². The molecule has 4 aliphatic carbocycles. The fourth-order valence-corrected chi connectivity index (χ4v) is 6.55. The molecule has 140 valence electrons. The highest BCUT2D eigenvalue weighted by Gasteiger charge is 2.51. The van der Waals surface area contributed by atoms with Gasteiger partial charge in [-0.1, -0.05) is 24.3 Å². The molecule has 27 heavy (non-hydrogen) atoms. The molecule has 6 rings (SSSR count). The van der Waals surface area contributed by atoms with E-state index < -0.39 is 0 Å². The summed E-state index contributed by atoms with van der Waals surface area (Å²) < 4.78 is 0.814. The minimum absolute atomic E-state index is 0.0813. The van der Waals surface area contributed by atoms with Crippen molar-refractivity contribution >= 4 is 33.2 Å². The number of hydrogen-bond donors (Lipinski definition) is 2. The third kappa shape index (κ3) is 3.29. The van der Waals surface area contributed by atoms with E-state index in [-0.39, 0.29) is 11.4 Å². The lowest BCUT2D eigenvalue weighted by Gasteiger charge is -2.57. The normalized spacial score (nSPS) is 30.9. The van der Waals surface area contributed by atoms with E-state index >= 15 is 0 Å². The zero-order chi connectivity index (χ0) is 18.4. The van der Waals surface area contributed by atoms with Gasteiger partial charge in [0, 0.05) is 10.0 Å². The summed E-state index contributed by atoms with van der Waals surface area (Å²) in [6.07, 6.45) is 8.15. The number of halogens is 1. The van der Waals surface area contributed by atoms with Gasteiger partial charge in [0.05, 0.1) is 16.9 Å². The van der Waals surface area contributed by atoms with Crippen LogP contribution in [0.25, 0.3) is 0 Å². The Labute approximate surface area is 169 Å². The Morgan fingerprint density at radius 2 is 1.41 bits per heavy atom. The van der Waals surface area contributed by atoms with Crippen LogP contribution in [0.5, 0.6) is 0 Å². The number of anilines is 2. The third-order valence-corrected chi connectivity index (χ3v) is 7.42. The molecule has 2 N–H and O–H groups in total. The molecule has 4 heteroatoms. The van der Waals surface area contributed by atoms with Crippen molar-refractivity contribution in [2.24, 2.45) is 17.8 Å². The third-order valence-electron chi connectivity index (χ3n) is 6.73. The van der Waals surface area contributed by atoms with E-state index in [0.29, 0.717) is 5.56 Å². The molecule has 0 spiro atoms. The van der Waals surface area contributed by atoms with Crippen molar-refractivity contribution in [1.29, 1.82) is 0 Å². The van der Waals surface area contributed by atoms with Gasteiger partial charge in [-0.15, -0.1) is 0 Å². The summed E-state index contributed by atoms with van der Waals surface area (Å²) in [6.45, 7) is 0. The van der Waals surface area contributed by atoms with Crippen LogP contribution >= 0.6 is 15.9 Å². The average molecular weight is 425 g/mol. The Morgan fingerprint density at radius 3 is 2.04 bits per heavy atom. The molecule has 4 fully saturated rings. The van der Waals surface area contributed by atoms with Crippen molar-refractivity contribution in [3.63, 3.8) is 0 Å². The Balaban J connectivity index is 1.39. The van der Waals surface area contributed by atoms with Gasteiger partial charge in [0.25, 0.3) is 5.91 Å². The fraction of sp³-hybridized carbons (Fsp3) is 0.435. The molecule has 2 aromatic rings. The Kier molecular flexibility index (Phi) is 4.27. The maximum absolute atomic E-state index is 12.8. The van der Waals surface area contributed by atoms with Crippen LogP contribution in [0, 0.1) is 17.8 Å². The Bertz CT molecular complexity index is 843. The number of para-hydroxylation sites is 2. The summed E-state index contributed by atoms with van der Waals surface area (Å²) in [5.41, 5.74) is 2.80. The highest BCUT2D eigenvalue weighted by atomic mass is 79.9. The predicted molar refractivity (Wildman–Crippen MR) is 113 cm³/mol. The van der Waals surface area contributed by atoms with E-state index in [4.69, 9.17) is 0 Å². The molecule has 0 saturated heterocycles. The number of carbonyl (C=O) groups is 1. The average Bonchev–Trinajstić information content (AvgIpc) is 2.62. The second-order valence-electron chi connectivity index (χ2n) is 8.80. The van der Waals surface area contributed by atoms with E-state index in [1.165, 1.54) is 38.5 Å². The lowest BCUT2D eigenvalue weighted by Crippen LogP contribution is -2.54. The zero-order valence-corrected chi connectivity index (χ0v) is 17.0. The SMILES string of the molecule is O=C(Nc1ccccc1NC12CC3CC(CC(C3)C1)C2)c1ccccc1Br. The van der Waals surface area contributed by atoms with Gasteiger partial charge in [0.1, 0.15) is 0 Å². The fourth-order valence-electron chi connectivity index (χ4n) is 6.09. The van der Waals surface area contributed by atoms with Crippen LogP contribution in [0.15, 0.2) is 53.0 Å². The first-order valence-corrected chi connectivity index (χ1v) is 10.8. The van der Waals surface area contributed by atoms with Gasteiger partial charge in [-0.3, -0.25) is 4.79 Å². The van der Waals surface area contributed by atoms with Crippen molar-refractivity contribution in [2.45, 2.75) is 44.1 Å². The maximum Gasteiger partial charge on any atom is 0.256 e. The number of rotatable bonds is 4. The van der Waals surface area contributed by atoms with Gasteiger partial charge in [-0.2, -0.15) is 0 Å². The Hall–Kier alpha value is -1.81. The van der Waals surface area contributed by atoms with E-state index in [1.807, 2.05) is 36.4 Å². The molecule has 0 aromatic heterocycles. The monoisotopic (exact) mass is 424 g/mol. The molecule has 4 saturated carbocycles. The Morgan fingerprint density at radius 1 is 0.852 bits per heavy atom. The molecule has 0 aliphatic heterocycles. The maximum atomic E-state index is 12.8. The summed E-state index contributed by atoms with van der Waals surface area (Å²) in [4.78, 5) is 12.8. The van der Waals surface area contributed by atoms with Gasteiger partial charge in [0.15, 0.2) is 0 Å². The van der Waals surface area contributed by atoms with Crippen molar-refractivity contribution in [2.75, 3.05) is 10.6 Å². The minimum Gasteiger partial charge on any atom is -0.378 e.